The second-order valence-electron chi connectivity index (χ2n) is 4.88. The Balaban J connectivity index is 2.28. The van der Waals surface area contributed by atoms with E-state index >= 15 is 0 Å². The lowest BCUT2D eigenvalue weighted by Crippen LogP contribution is -2.29. The minimum Gasteiger partial charge on any atom is -0.481 e. The van der Waals surface area contributed by atoms with Gasteiger partial charge in [0.15, 0.2) is 11.6 Å². The number of rotatable bonds is 4. The Kier molecular flexibility index (Phi) is 4.35. The van der Waals surface area contributed by atoms with Gasteiger partial charge >= 0.3 is 0 Å². The molecule has 0 radical (unpaired) electrons. The van der Waals surface area contributed by atoms with Gasteiger partial charge in [0, 0.05) is 12.1 Å². The molecule has 20 heavy (non-hydrogen) atoms. The van der Waals surface area contributed by atoms with Crippen LogP contribution >= 0.6 is 0 Å². The van der Waals surface area contributed by atoms with Crippen molar-refractivity contribution in [3.63, 3.8) is 0 Å². The van der Waals surface area contributed by atoms with E-state index in [2.05, 4.69) is 0 Å². The molecule has 0 amide bonds. The van der Waals surface area contributed by atoms with E-state index in [1.54, 1.807) is 6.92 Å². The molecule has 0 aromatic heterocycles. The molecule has 0 saturated heterocycles. The normalized spacial score (nSPS) is 13.8. The quantitative estimate of drug-likeness (QED) is 0.924. The lowest BCUT2D eigenvalue weighted by molar-refractivity contribution is 0.172. The highest BCUT2D eigenvalue weighted by molar-refractivity contribution is 5.29. The van der Waals surface area contributed by atoms with E-state index in [1.807, 2.05) is 31.2 Å². The Morgan fingerprint density at radius 2 is 1.70 bits per heavy atom. The van der Waals surface area contributed by atoms with Crippen molar-refractivity contribution in [1.29, 1.82) is 0 Å². The van der Waals surface area contributed by atoms with Gasteiger partial charge in [-0.05, 0) is 31.5 Å². The fourth-order valence-electron chi connectivity index (χ4n) is 1.94. The molecule has 2 N–H and O–H groups in total. The van der Waals surface area contributed by atoms with Crippen molar-refractivity contribution in [3.05, 3.63) is 65.2 Å². The van der Waals surface area contributed by atoms with Crippen molar-refractivity contribution in [2.75, 3.05) is 0 Å². The van der Waals surface area contributed by atoms with Crippen molar-refractivity contribution >= 4 is 0 Å². The minimum absolute atomic E-state index is 0.00530. The molecular weight excluding hydrogens is 260 g/mol. The van der Waals surface area contributed by atoms with Gasteiger partial charge in [-0.1, -0.05) is 29.8 Å². The predicted molar refractivity (Wildman–Crippen MR) is 74.6 cm³/mol. The number of halogens is 2. The zero-order valence-electron chi connectivity index (χ0n) is 11.4. The summed E-state index contributed by atoms with van der Waals surface area (Å²) in [4.78, 5) is 0. The molecule has 2 unspecified atom stereocenters. The van der Waals surface area contributed by atoms with Crippen LogP contribution in [0.1, 0.15) is 24.2 Å². The molecular formula is C16H17F2NO. The highest BCUT2D eigenvalue weighted by Gasteiger charge is 2.20. The van der Waals surface area contributed by atoms with Crippen LogP contribution in [0.25, 0.3) is 0 Å². The van der Waals surface area contributed by atoms with Crippen molar-refractivity contribution in [2.24, 2.45) is 5.73 Å². The van der Waals surface area contributed by atoms with Crippen molar-refractivity contribution in [3.8, 4) is 5.75 Å². The van der Waals surface area contributed by atoms with Gasteiger partial charge in [0.05, 0.1) is 0 Å². The van der Waals surface area contributed by atoms with Crippen LogP contribution in [0.5, 0.6) is 5.75 Å². The van der Waals surface area contributed by atoms with Crippen molar-refractivity contribution < 1.29 is 13.5 Å². The SMILES string of the molecule is Cc1ccc(C(Oc2ccc(F)cc2F)C(C)N)cc1. The Hall–Kier alpha value is -1.94. The summed E-state index contributed by atoms with van der Waals surface area (Å²) in [7, 11) is 0. The molecule has 0 bridgehead atoms. The van der Waals surface area contributed by atoms with E-state index in [1.165, 1.54) is 6.07 Å². The fraction of sp³-hybridized carbons (Fsp3) is 0.250. The molecule has 0 heterocycles. The summed E-state index contributed by atoms with van der Waals surface area (Å²) in [5, 5.41) is 0. The highest BCUT2D eigenvalue weighted by atomic mass is 19.1. The monoisotopic (exact) mass is 277 g/mol. The molecule has 0 fully saturated rings. The average Bonchev–Trinajstić information content (AvgIpc) is 2.39. The topological polar surface area (TPSA) is 35.2 Å². The Labute approximate surface area is 117 Å². The lowest BCUT2D eigenvalue weighted by Gasteiger charge is -2.23. The molecule has 0 aliphatic rings. The largest absolute Gasteiger partial charge is 0.481 e. The smallest absolute Gasteiger partial charge is 0.168 e. The highest BCUT2D eigenvalue weighted by Crippen LogP contribution is 2.27. The van der Waals surface area contributed by atoms with Crippen LogP contribution < -0.4 is 10.5 Å². The molecule has 0 aliphatic carbocycles. The first-order valence-electron chi connectivity index (χ1n) is 6.41. The van der Waals surface area contributed by atoms with Gasteiger partial charge in [0.25, 0.3) is 0 Å². The van der Waals surface area contributed by atoms with Crippen LogP contribution in [0.15, 0.2) is 42.5 Å². The van der Waals surface area contributed by atoms with Gasteiger partial charge in [-0.2, -0.15) is 0 Å². The van der Waals surface area contributed by atoms with Gasteiger partial charge in [0.1, 0.15) is 11.9 Å². The molecule has 0 spiro atoms. The summed E-state index contributed by atoms with van der Waals surface area (Å²) < 4.78 is 32.2. The van der Waals surface area contributed by atoms with Gasteiger partial charge < -0.3 is 10.5 Å². The first-order valence-corrected chi connectivity index (χ1v) is 6.41. The number of aryl methyl sites for hydroxylation is 1. The van der Waals surface area contributed by atoms with E-state index < -0.39 is 17.7 Å². The molecule has 2 atom stereocenters. The van der Waals surface area contributed by atoms with Crippen LogP contribution in [-0.2, 0) is 0 Å². The summed E-state index contributed by atoms with van der Waals surface area (Å²) in [5.41, 5.74) is 7.88. The Bertz CT molecular complexity index is 582. The molecule has 2 nitrogen and oxygen atoms in total. The van der Waals surface area contributed by atoms with E-state index in [9.17, 15) is 8.78 Å². The van der Waals surface area contributed by atoms with Crippen LogP contribution in [0.3, 0.4) is 0 Å². The summed E-state index contributed by atoms with van der Waals surface area (Å²) in [6.07, 6.45) is -0.490. The number of nitrogens with two attached hydrogens (primary N) is 1. The van der Waals surface area contributed by atoms with Crippen LogP contribution in [-0.4, -0.2) is 6.04 Å². The van der Waals surface area contributed by atoms with Crippen molar-refractivity contribution in [1.82, 2.24) is 0 Å². The second kappa shape index (κ2) is 6.01. The molecule has 2 aromatic rings. The number of ether oxygens (including phenoxy) is 1. The second-order valence-corrected chi connectivity index (χ2v) is 4.88. The maximum atomic E-state index is 13.6. The summed E-state index contributed by atoms with van der Waals surface area (Å²) in [6.45, 7) is 3.76. The van der Waals surface area contributed by atoms with Crippen LogP contribution in [0.2, 0.25) is 0 Å². The molecule has 106 valence electrons. The third-order valence-electron chi connectivity index (χ3n) is 3.03. The average molecular weight is 277 g/mol. The molecule has 2 aromatic carbocycles. The van der Waals surface area contributed by atoms with Gasteiger partial charge in [0.2, 0.25) is 0 Å². The first kappa shape index (κ1) is 14.5. The van der Waals surface area contributed by atoms with Crippen molar-refractivity contribution in [2.45, 2.75) is 26.0 Å². The van der Waals surface area contributed by atoms with Crippen LogP contribution in [0, 0.1) is 18.6 Å². The lowest BCUT2D eigenvalue weighted by atomic mass is 10.0. The number of hydrogen-bond donors (Lipinski definition) is 1. The van der Waals surface area contributed by atoms with E-state index in [0.29, 0.717) is 0 Å². The third kappa shape index (κ3) is 3.33. The summed E-state index contributed by atoms with van der Waals surface area (Å²) in [5.74, 6) is -1.38. The summed E-state index contributed by atoms with van der Waals surface area (Å²) in [6, 6.07) is 10.6. The maximum absolute atomic E-state index is 13.6. The zero-order valence-corrected chi connectivity index (χ0v) is 11.4. The van der Waals surface area contributed by atoms with E-state index in [0.717, 1.165) is 23.3 Å². The maximum Gasteiger partial charge on any atom is 0.168 e. The van der Waals surface area contributed by atoms with Crippen LogP contribution in [0.4, 0.5) is 8.78 Å². The number of benzene rings is 2. The predicted octanol–water partition coefficient (Wildman–Crippen LogP) is 3.74. The van der Waals surface area contributed by atoms with Gasteiger partial charge in [-0.3, -0.25) is 0 Å². The minimum atomic E-state index is -0.734. The molecule has 2 rings (SSSR count). The number of hydrogen-bond acceptors (Lipinski definition) is 2. The van der Waals surface area contributed by atoms with E-state index in [4.69, 9.17) is 10.5 Å². The third-order valence-corrected chi connectivity index (χ3v) is 3.03. The van der Waals surface area contributed by atoms with Gasteiger partial charge in [-0.25, -0.2) is 8.78 Å². The molecule has 0 saturated carbocycles. The Morgan fingerprint density at radius 3 is 2.25 bits per heavy atom. The Morgan fingerprint density at radius 1 is 1.05 bits per heavy atom. The summed E-state index contributed by atoms with van der Waals surface area (Å²) >= 11 is 0. The standard InChI is InChI=1S/C16H17F2NO/c1-10-3-5-12(6-4-10)16(11(2)19)20-15-8-7-13(17)9-14(15)18/h3-9,11,16H,19H2,1-2H3. The van der Waals surface area contributed by atoms with Gasteiger partial charge in [-0.15, -0.1) is 0 Å². The van der Waals surface area contributed by atoms with E-state index in [-0.39, 0.29) is 11.8 Å². The fourth-order valence-corrected chi connectivity index (χ4v) is 1.94. The zero-order chi connectivity index (χ0) is 14.7. The molecule has 4 heteroatoms. The first-order chi connectivity index (χ1) is 9.47. The molecule has 0 aliphatic heterocycles.